The molecule has 2 aliphatic rings. The predicted molar refractivity (Wildman–Crippen MR) is 90.5 cm³/mol. The monoisotopic (exact) mass is 382 g/mol. The molecule has 0 radical (unpaired) electrons. The van der Waals surface area contributed by atoms with E-state index in [0.717, 1.165) is 6.20 Å². The first-order chi connectivity index (χ1) is 13.0. The number of nitrogens with zero attached hydrogens (tertiary/aromatic N) is 2. The van der Waals surface area contributed by atoms with Crippen LogP contribution in [-0.2, 0) is 10.9 Å². The summed E-state index contributed by atoms with van der Waals surface area (Å²) in [6.07, 6.45) is -3.82. The lowest BCUT2D eigenvalue weighted by Gasteiger charge is -2.21. The van der Waals surface area contributed by atoms with Crippen LogP contribution in [0.5, 0.6) is 11.5 Å². The van der Waals surface area contributed by atoms with E-state index in [1.807, 2.05) is 0 Å². The molecule has 27 heavy (non-hydrogen) atoms. The molecule has 0 saturated carbocycles. The number of alkyl halides is 3. The minimum atomic E-state index is -4.58. The van der Waals surface area contributed by atoms with Crippen molar-refractivity contribution in [3.8, 4) is 11.5 Å². The van der Waals surface area contributed by atoms with Crippen molar-refractivity contribution >= 4 is 17.5 Å². The topological polar surface area (TPSA) is 77.5 Å². The molecule has 1 saturated heterocycles. The van der Waals surface area contributed by atoms with Gasteiger partial charge in [0.15, 0.2) is 0 Å². The number of hydrogen-bond acceptors (Lipinski definition) is 7. The van der Waals surface area contributed by atoms with Crippen LogP contribution in [0.25, 0.3) is 0 Å². The fourth-order valence-electron chi connectivity index (χ4n) is 3.09. The van der Waals surface area contributed by atoms with Gasteiger partial charge in [0, 0.05) is 12.1 Å². The summed E-state index contributed by atoms with van der Waals surface area (Å²) in [4.78, 5) is 7.87. The zero-order valence-corrected chi connectivity index (χ0v) is 14.3. The standard InChI is InChI=1S/C17H17F3N4O3/c1-25-12-3-2-4-13-14(12)23-16-21-5-10(17(18,19)20)15(24-16)22-11-8-26-6-9(11)7-27-13/h2-5,9,11H,6-8H2,1H3,(H2,21,22,23,24)/t9-,11+/m0/s1. The Balaban J connectivity index is 1.82. The van der Waals surface area contributed by atoms with Crippen LogP contribution in [0.2, 0.25) is 0 Å². The van der Waals surface area contributed by atoms with E-state index in [1.165, 1.54) is 7.11 Å². The number of nitrogens with one attached hydrogen (secondary N) is 2. The summed E-state index contributed by atoms with van der Waals surface area (Å²) < 4.78 is 56.8. The second kappa shape index (κ2) is 6.76. The van der Waals surface area contributed by atoms with Crippen LogP contribution in [0.3, 0.4) is 0 Å². The molecule has 3 heterocycles. The molecule has 2 atom stereocenters. The molecule has 0 aliphatic carbocycles. The number of hydrogen-bond donors (Lipinski definition) is 2. The first kappa shape index (κ1) is 17.7. The number of ether oxygens (including phenoxy) is 3. The number of aromatic nitrogens is 2. The summed E-state index contributed by atoms with van der Waals surface area (Å²) in [5, 5.41) is 5.77. The molecule has 2 N–H and O–H groups in total. The summed E-state index contributed by atoms with van der Waals surface area (Å²) in [5.41, 5.74) is -0.484. The van der Waals surface area contributed by atoms with E-state index in [4.69, 9.17) is 14.2 Å². The number of para-hydroxylation sites is 1. The zero-order chi connectivity index (χ0) is 19.0. The van der Waals surface area contributed by atoms with Crippen LogP contribution in [0.4, 0.5) is 30.6 Å². The minimum Gasteiger partial charge on any atom is -0.494 e. The van der Waals surface area contributed by atoms with Crippen molar-refractivity contribution in [2.45, 2.75) is 12.2 Å². The van der Waals surface area contributed by atoms with Crippen LogP contribution >= 0.6 is 0 Å². The maximum Gasteiger partial charge on any atom is 0.421 e. The Bertz CT molecular complexity index is 847. The number of benzene rings is 1. The van der Waals surface area contributed by atoms with Crippen LogP contribution in [0.1, 0.15) is 5.56 Å². The average Bonchev–Trinajstić information content (AvgIpc) is 3.06. The molecule has 7 nitrogen and oxygen atoms in total. The molecule has 0 amide bonds. The van der Waals surface area contributed by atoms with Gasteiger partial charge in [0.05, 0.1) is 33.0 Å². The molecule has 4 rings (SSSR count). The molecule has 0 unspecified atom stereocenters. The number of methoxy groups -OCH3 is 1. The van der Waals surface area contributed by atoms with E-state index < -0.39 is 11.7 Å². The quantitative estimate of drug-likeness (QED) is 0.785. The highest BCUT2D eigenvalue weighted by atomic mass is 19.4. The van der Waals surface area contributed by atoms with E-state index in [9.17, 15) is 13.2 Å². The second-order valence-electron chi connectivity index (χ2n) is 6.27. The molecule has 2 aliphatic heterocycles. The maximum atomic E-state index is 13.4. The Morgan fingerprint density at radius 1 is 1.22 bits per heavy atom. The normalized spacial score (nSPS) is 21.6. The largest absolute Gasteiger partial charge is 0.494 e. The Labute approximate surface area is 152 Å². The van der Waals surface area contributed by atoms with Crippen molar-refractivity contribution < 1.29 is 27.4 Å². The summed E-state index contributed by atoms with van der Waals surface area (Å²) >= 11 is 0. The minimum absolute atomic E-state index is 0.00258. The number of rotatable bonds is 1. The van der Waals surface area contributed by atoms with E-state index in [-0.39, 0.29) is 36.9 Å². The lowest BCUT2D eigenvalue weighted by Crippen LogP contribution is -2.33. The average molecular weight is 382 g/mol. The number of fused-ring (bicyclic) bond motifs is 4. The number of anilines is 3. The molecule has 10 heteroatoms. The van der Waals surface area contributed by atoms with E-state index >= 15 is 0 Å². The highest BCUT2D eigenvalue weighted by Gasteiger charge is 2.38. The summed E-state index contributed by atoms with van der Waals surface area (Å²) in [6.45, 7) is 0.914. The molecular weight excluding hydrogens is 365 g/mol. The summed E-state index contributed by atoms with van der Waals surface area (Å²) in [6, 6.07) is 4.85. The fraction of sp³-hybridized carbons (Fsp3) is 0.412. The van der Waals surface area contributed by atoms with Crippen molar-refractivity contribution in [1.82, 2.24) is 9.97 Å². The molecule has 144 valence electrons. The first-order valence-electron chi connectivity index (χ1n) is 8.31. The highest BCUT2D eigenvalue weighted by Crippen LogP contribution is 2.39. The van der Waals surface area contributed by atoms with E-state index in [0.29, 0.717) is 23.8 Å². The third kappa shape index (κ3) is 3.44. The molecule has 1 fully saturated rings. The zero-order valence-electron chi connectivity index (χ0n) is 14.3. The van der Waals surface area contributed by atoms with Crippen molar-refractivity contribution in [2.24, 2.45) is 5.92 Å². The molecule has 0 spiro atoms. The van der Waals surface area contributed by atoms with Crippen molar-refractivity contribution in [2.75, 3.05) is 37.6 Å². The molecule has 1 aromatic heterocycles. The van der Waals surface area contributed by atoms with E-state index in [2.05, 4.69) is 20.6 Å². The van der Waals surface area contributed by atoms with Gasteiger partial charge in [-0.3, -0.25) is 0 Å². The van der Waals surface area contributed by atoms with Crippen molar-refractivity contribution in [3.05, 3.63) is 30.0 Å². The van der Waals surface area contributed by atoms with Gasteiger partial charge in [0.1, 0.15) is 28.6 Å². The Kier molecular flexibility index (Phi) is 4.42. The molecular formula is C17H17F3N4O3. The van der Waals surface area contributed by atoms with Crippen LogP contribution in [-0.4, -0.2) is 42.9 Å². The van der Waals surface area contributed by atoms with Gasteiger partial charge >= 0.3 is 6.18 Å². The van der Waals surface area contributed by atoms with Crippen LogP contribution in [0, 0.1) is 5.92 Å². The van der Waals surface area contributed by atoms with Gasteiger partial charge < -0.3 is 24.8 Å². The van der Waals surface area contributed by atoms with Gasteiger partial charge in [0.2, 0.25) is 5.95 Å². The van der Waals surface area contributed by atoms with Gasteiger partial charge in [-0.2, -0.15) is 18.2 Å². The Morgan fingerprint density at radius 2 is 2.07 bits per heavy atom. The molecule has 2 aromatic rings. The summed E-state index contributed by atoms with van der Waals surface area (Å²) in [5.74, 6) is 0.522. The van der Waals surface area contributed by atoms with Gasteiger partial charge in [-0.15, -0.1) is 0 Å². The van der Waals surface area contributed by atoms with Crippen molar-refractivity contribution in [1.29, 1.82) is 0 Å². The summed E-state index contributed by atoms with van der Waals surface area (Å²) in [7, 11) is 1.49. The molecule has 2 bridgehead atoms. The lowest BCUT2D eigenvalue weighted by atomic mass is 10.0. The van der Waals surface area contributed by atoms with Gasteiger partial charge in [-0.1, -0.05) is 6.07 Å². The second-order valence-corrected chi connectivity index (χ2v) is 6.27. The smallest absolute Gasteiger partial charge is 0.421 e. The highest BCUT2D eigenvalue weighted by molar-refractivity contribution is 5.71. The Morgan fingerprint density at radius 3 is 2.85 bits per heavy atom. The maximum absolute atomic E-state index is 13.4. The van der Waals surface area contributed by atoms with Gasteiger partial charge in [0.25, 0.3) is 0 Å². The third-order valence-corrected chi connectivity index (χ3v) is 4.51. The van der Waals surface area contributed by atoms with Crippen LogP contribution < -0.4 is 20.1 Å². The number of halogens is 3. The van der Waals surface area contributed by atoms with Crippen LogP contribution in [0.15, 0.2) is 24.4 Å². The fourth-order valence-corrected chi connectivity index (χ4v) is 3.09. The lowest BCUT2D eigenvalue weighted by molar-refractivity contribution is -0.137. The molecule has 1 aromatic carbocycles. The Hall–Kier alpha value is -2.75. The van der Waals surface area contributed by atoms with E-state index in [1.54, 1.807) is 18.2 Å². The third-order valence-electron chi connectivity index (χ3n) is 4.51. The SMILES string of the molecule is COc1cccc2c1Nc1ncc(C(F)(F)F)c(n1)N[C@@H]1COC[C@H]1CO2. The van der Waals surface area contributed by atoms with Gasteiger partial charge in [-0.05, 0) is 12.1 Å². The predicted octanol–water partition coefficient (Wildman–Crippen LogP) is 3.07. The van der Waals surface area contributed by atoms with Gasteiger partial charge in [-0.25, -0.2) is 4.98 Å². The van der Waals surface area contributed by atoms with Crippen molar-refractivity contribution in [3.63, 3.8) is 0 Å². The first-order valence-corrected chi connectivity index (χ1v) is 8.31.